The fraction of sp³-hybridized carbons (Fsp3) is 0.417. The molecule has 15 heavy (non-hydrogen) atoms. The standard InChI is InChI=1S/C12H18N2O/c1-12(2,3)11(15)14-10-8-6-5-7-9(10)13-4/h5-8,13H,1-4H3,(H,14,15). The fourth-order valence-electron chi connectivity index (χ4n) is 1.12. The Balaban J connectivity index is 2.85. The van der Waals surface area contributed by atoms with Crippen LogP contribution in [-0.4, -0.2) is 13.0 Å². The molecule has 82 valence electrons. The minimum Gasteiger partial charge on any atom is -0.386 e. The number of carbonyl (C=O) groups is 1. The largest absolute Gasteiger partial charge is 0.386 e. The maximum Gasteiger partial charge on any atom is 0.229 e. The van der Waals surface area contributed by atoms with Gasteiger partial charge in [-0.3, -0.25) is 4.79 Å². The first-order chi connectivity index (χ1) is 6.95. The number of hydrogen-bond donors (Lipinski definition) is 2. The zero-order valence-electron chi connectivity index (χ0n) is 9.72. The molecular formula is C12H18N2O. The van der Waals surface area contributed by atoms with E-state index >= 15 is 0 Å². The van der Waals surface area contributed by atoms with Gasteiger partial charge in [0.1, 0.15) is 0 Å². The molecule has 0 atom stereocenters. The van der Waals surface area contributed by atoms with Crippen molar-refractivity contribution in [3.63, 3.8) is 0 Å². The van der Waals surface area contributed by atoms with Gasteiger partial charge in [0, 0.05) is 12.5 Å². The summed E-state index contributed by atoms with van der Waals surface area (Å²) in [6, 6.07) is 7.64. The second-order valence-electron chi connectivity index (χ2n) is 4.50. The summed E-state index contributed by atoms with van der Waals surface area (Å²) in [6.07, 6.45) is 0. The van der Waals surface area contributed by atoms with Crippen LogP contribution >= 0.6 is 0 Å². The van der Waals surface area contributed by atoms with Crippen LogP contribution in [0.1, 0.15) is 20.8 Å². The van der Waals surface area contributed by atoms with Crippen LogP contribution in [0.5, 0.6) is 0 Å². The number of amides is 1. The summed E-state index contributed by atoms with van der Waals surface area (Å²) < 4.78 is 0. The minimum atomic E-state index is -0.374. The van der Waals surface area contributed by atoms with Crippen molar-refractivity contribution >= 4 is 17.3 Å². The number of carbonyl (C=O) groups excluding carboxylic acids is 1. The van der Waals surface area contributed by atoms with E-state index in [0.29, 0.717) is 0 Å². The van der Waals surface area contributed by atoms with Gasteiger partial charge in [0.15, 0.2) is 0 Å². The minimum absolute atomic E-state index is 0.0187. The first-order valence-electron chi connectivity index (χ1n) is 5.03. The molecule has 1 aromatic carbocycles. The van der Waals surface area contributed by atoms with Gasteiger partial charge in [0.05, 0.1) is 11.4 Å². The van der Waals surface area contributed by atoms with Gasteiger partial charge in [-0.05, 0) is 12.1 Å². The summed E-state index contributed by atoms with van der Waals surface area (Å²) in [4.78, 5) is 11.8. The molecule has 0 saturated heterocycles. The molecule has 0 aliphatic rings. The second kappa shape index (κ2) is 4.34. The van der Waals surface area contributed by atoms with E-state index in [1.54, 1.807) is 0 Å². The summed E-state index contributed by atoms with van der Waals surface area (Å²) in [7, 11) is 1.84. The lowest BCUT2D eigenvalue weighted by Crippen LogP contribution is -2.27. The number of rotatable bonds is 2. The average Bonchev–Trinajstić information content (AvgIpc) is 2.17. The van der Waals surface area contributed by atoms with E-state index in [9.17, 15) is 4.79 Å². The smallest absolute Gasteiger partial charge is 0.229 e. The third kappa shape index (κ3) is 2.98. The highest BCUT2D eigenvalue weighted by Gasteiger charge is 2.21. The molecule has 3 heteroatoms. The predicted molar refractivity (Wildman–Crippen MR) is 64.1 cm³/mol. The highest BCUT2D eigenvalue weighted by molar-refractivity contribution is 5.97. The lowest BCUT2D eigenvalue weighted by Gasteiger charge is -2.19. The average molecular weight is 206 g/mol. The molecule has 0 unspecified atom stereocenters. The lowest BCUT2D eigenvalue weighted by atomic mass is 9.95. The first kappa shape index (κ1) is 11.6. The molecular weight excluding hydrogens is 188 g/mol. The third-order valence-electron chi connectivity index (χ3n) is 2.13. The van der Waals surface area contributed by atoms with Crippen LogP contribution in [0.4, 0.5) is 11.4 Å². The normalized spacial score (nSPS) is 10.9. The van der Waals surface area contributed by atoms with Crippen molar-refractivity contribution in [2.24, 2.45) is 5.41 Å². The van der Waals surface area contributed by atoms with Gasteiger partial charge >= 0.3 is 0 Å². The number of nitrogens with one attached hydrogen (secondary N) is 2. The third-order valence-corrected chi connectivity index (χ3v) is 2.13. The van der Waals surface area contributed by atoms with E-state index in [-0.39, 0.29) is 11.3 Å². The summed E-state index contributed by atoms with van der Waals surface area (Å²) in [5, 5.41) is 5.94. The van der Waals surface area contributed by atoms with Crippen molar-refractivity contribution < 1.29 is 4.79 Å². The maximum absolute atomic E-state index is 11.8. The number of hydrogen-bond acceptors (Lipinski definition) is 2. The lowest BCUT2D eigenvalue weighted by molar-refractivity contribution is -0.123. The molecule has 0 spiro atoms. The summed E-state index contributed by atoms with van der Waals surface area (Å²) in [6.45, 7) is 5.68. The van der Waals surface area contributed by atoms with Crippen molar-refractivity contribution in [2.45, 2.75) is 20.8 Å². The molecule has 3 nitrogen and oxygen atoms in total. The summed E-state index contributed by atoms with van der Waals surface area (Å²) in [5.41, 5.74) is 1.37. The van der Waals surface area contributed by atoms with E-state index in [4.69, 9.17) is 0 Å². The van der Waals surface area contributed by atoms with Crippen molar-refractivity contribution in [2.75, 3.05) is 17.7 Å². The van der Waals surface area contributed by atoms with Gasteiger partial charge in [-0.15, -0.1) is 0 Å². The van der Waals surface area contributed by atoms with Gasteiger partial charge in [0.25, 0.3) is 0 Å². The molecule has 0 aliphatic carbocycles. The van der Waals surface area contributed by atoms with E-state index in [0.717, 1.165) is 11.4 Å². The van der Waals surface area contributed by atoms with Crippen molar-refractivity contribution in [3.05, 3.63) is 24.3 Å². The molecule has 0 fully saturated rings. The van der Waals surface area contributed by atoms with Crippen LogP contribution < -0.4 is 10.6 Å². The first-order valence-corrected chi connectivity index (χ1v) is 5.03. The molecule has 0 bridgehead atoms. The Morgan fingerprint density at radius 1 is 1.13 bits per heavy atom. The SMILES string of the molecule is CNc1ccccc1NC(=O)C(C)(C)C. The van der Waals surface area contributed by atoms with E-state index in [1.807, 2.05) is 52.1 Å². The van der Waals surface area contributed by atoms with Gasteiger partial charge in [0.2, 0.25) is 5.91 Å². The van der Waals surface area contributed by atoms with Gasteiger partial charge in [-0.2, -0.15) is 0 Å². The summed E-state index contributed by atoms with van der Waals surface area (Å²) >= 11 is 0. The Bertz CT molecular complexity index is 353. The van der Waals surface area contributed by atoms with Crippen LogP contribution in [0.2, 0.25) is 0 Å². The zero-order valence-corrected chi connectivity index (χ0v) is 9.72. The quantitative estimate of drug-likeness (QED) is 0.781. The number of benzene rings is 1. The molecule has 1 rings (SSSR count). The molecule has 0 aliphatic heterocycles. The van der Waals surface area contributed by atoms with Crippen molar-refractivity contribution in [3.8, 4) is 0 Å². The Labute approximate surface area is 90.9 Å². The van der Waals surface area contributed by atoms with E-state index in [1.165, 1.54) is 0 Å². The molecule has 0 heterocycles. The van der Waals surface area contributed by atoms with Gasteiger partial charge in [-0.25, -0.2) is 0 Å². The monoisotopic (exact) mass is 206 g/mol. The highest BCUT2D eigenvalue weighted by Crippen LogP contribution is 2.23. The predicted octanol–water partition coefficient (Wildman–Crippen LogP) is 2.71. The van der Waals surface area contributed by atoms with Crippen molar-refractivity contribution in [1.82, 2.24) is 0 Å². The molecule has 1 amide bonds. The van der Waals surface area contributed by atoms with Gasteiger partial charge < -0.3 is 10.6 Å². The number of para-hydroxylation sites is 2. The van der Waals surface area contributed by atoms with Crippen molar-refractivity contribution in [1.29, 1.82) is 0 Å². The molecule has 2 N–H and O–H groups in total. The Morgan fingerprint density at radius 2 is 1.67 bits per heavy atom. The molecule has 0 saturated carbocycles. The molecule has 0 aromatic heterocycles. The van der Waals surface area contributed by atoms with Gasteiger partial charge in [-0.1, -0.05) is 32.9 Å². The zero-order chi connectivity index (χ0) is 11.5. The molecule has 1 aromatic rings. The highest BCUT2D eigenvalue weighted by atomic mass is 16.2. The van der Waals surface area contributed by atoms with Crippen LogP contribution in [0, 0.1) is 5.41 Å². The maximum atomic E-state index is 11.8. The summed E-state index contributed by atoms with van der Waals surface area (Å²) in [5.74, 6) is 0.0187. The van der Waals surface area contributed by atoms with E-state index in [2.05, 4.69) is 10.6 Å². The number of anilines is 2. The van der Waals surface area contributed by atoms with Crippen LogP contribution in [-0.2, 0) is 4.79 Å². The van der Waals surface area contributed by atoms with Crippen LogP contribution in [0.25, 0.3) is 0 Å². The van der Waals surface area contributed by atoms with E-state index < -0.39 is 0 Å². The topological polar surface area (TPSA) is 41.1 Å². The second-order valence-corrected chi connectivity index (χ2v) is 4.50. The molecule has 0 radical (unpaired) electrons. The fourth-order valence-corrected chi connectivity index (χ4v) is 1.12. The Hall–Kier alpha value is -1.51. The van der Waals surface area contributed by atoms with Crippen LogP contribution in [0.3, 0.4) is 0 Å². The Morgan fingerprint density at radius 3 is 2.13 bits per heavy atom. The Kier molecular flexibility index (Phi) is 3.35. The van der Waals surface area contributed by atoms with Crippen LogP contribution in [0.15, 0.2) is 24.3 Å².